The van der Waals surface area contributed by atoms with Crippen molar-refractivity contribution in [2.75, 3.05) is 6.54 Å². The van der Waals surface area contributed by atoms with Crippen LogP contribution in [0.5, 0.6) is 5.75 Å². The van der Waals surface area contributed by atoms with Gasteiger partial charge < -0.3 is 10.1 Å². The second-order valence-corrected chi connectivity index (χ2v) is 7.10. The second-order valence-electron chi connectivity index (χ2n) is 7.10. The van der Waals surface area contributed by atoms with Crippen LogP contribution in [0.2, 0.25) is 0 Å². The van der Waals surface area contributed by atoms with Crippen LogP contribution < -0.4 is 10.1 Å². The van der Waals surface area contributed by atoms with Crippen LogP contribution in [0, 0.1) is 26.2 Å². The van der Waals surface area contributed by atoms with Crippen molar-refractivity contribution in [1.82, 2.24) is 5.32 Å². The lowest BCUT2D eigenvalue weighted by Crippen LogP contribution is -2.63. The summed E-state index contributed by atoms with van der Waals surface area (Å²) in [5, 5.41) is 3.69. The van der Waals surface area contributed by atoms with Crippen LogP contribution in [0.4, 0.5) is 0 Å². The summed E-state index contributed by atoms with van der Waals surface area (Å²) in [5.74, 6) is 1.11. The molecule has 0 saturated heterocycles. The van der Waals surface area contributed by atoms with Crippen molar-refractivity contribution < 1.29 is 4.74 Å². The minimum Gasteiger partial charge on any atom is -0.489 e. The smallest absolute Gasteiger partial charge is 0.123 e. The predicted molar refractivity (Wildman–Crippen MR) is 88.1 cm³/mol. The predicted octanol–water partition coefficient (Wildman–Crippen LogP) is 4.30. The van der Waals surface area contributed by atoms with E-state index in [1.165, 1.54) is 48.8 Å². The summed E-state index contributed by atoms with van der Waals surface area (Å²) in [7, 11) is 0. The van der Waals surface area contributed by atoms with E-state index < -0.39 is 0 Å². The first-order valence-electron chi connectivity index (χ1n) is 8.54. The van der Waals surface area contributed by atoms with Gasteiger partial charge in [-0.15, -0.1) is 0 Å². The number of rotatable bonds is 4. The molecule has 1 spiro atoms. The quantitative estimate of drug-likeness (QED) is 0.891. The molecule has 2 saturated carbocycles. The number of nitrogens with one attached hydrogen (secondary N) is 1. The van der Waals surface area contributed by atoms with Crippen LogP contribution in [-0.2, 0) is 0 Å². The van der Waals surface area contributed by atoms with Gasteiger partial charge in [0.15, 0.2) is 0 Å². The summed E-state index contributed by atoms with van der Waals surface area (Å²) in [5.41, 5.74) is 4.35. The van der Waals surface area contributed by atoms with E-state index in [1.807, 2.05) is 0 Å². The molecule has 0 bridgehead atoms. The zero-order valence-corrected chi connectivity index (χ0v) is 14.0. The molecule has 0 amide bonds. The van der Waals surface area contributed by atoms with Gasteiger partial charge >= 0.3 is 0 Å². The number of benzene rings is 1. The summed E-state index contributed by atoms with van der Waals surface area (Å²) >= 11 is 0. The minimum atomic E-state index is 0.403. The molecule has 116 valence electrons. The van der Waals surface area contributed by atoms with Crippen molar-refractivity contribution in [2.45, 2.75) is 71.9 Å². The van der Waals surface area contributed by atoms with Crippen molar-refractivity contribution in [3.8, 4) is 5.75 Å². The van der Waals surface area contributed by atoms with Crippen molar-refractivity contribution in [2.24, 2.45) is 5.41 Å². The van der Waals surface area contributed by atoms with Crippen LogP contribution >= 0.6 is 0 Å². The first-order valence-corrected chi connectivity index (χ1v) is 8.54. The Morgan fingerprint density at radius 1 is 1.19 bits per heavy atom. The SMILES string of the molecule is CCNC1CC(Oc2cc(C)cc(C)c2C)C12CCCC2. The highest BCUT2D eigenvalue weighted by atomic mass is 16.5. The third-order valence-corrected chi connectivity index (χ3v) is 5.80. The summed E-state index contributed by atoms with van der Waals surface area (Å²) in [4.78, 5) is 0. The first kappa shape index (κ1) is 14.9. The van der Waals surface area contributed by atoms with E-state index in [-0.39, 0.29) is 0 Å². The molecule has 0 radical (unpaired) electrons. The van der Waals surface area contributed by atoms with Gasteiger partial charge in [0.05, 0.1) is 0 Å². The topological polar surface area (TPSA) is 21.3 Å². The minimum absolute atomic E-state index is 0.403. The third-order valence-electron chi connectivity index (χ3n) is 5.80. The molecular weight excluding hydrogens is 258 g/mol. The molecule has 2 atom stereocenters. The summed E-state index contributed by atoms with van der Waals surface area (Å²) in [6, 6.07) is 5.13. The maximum atomic E-state index is 6.52. The van der Waals surface area contributed by atoms with Gasteiger partial charge in [-0.1, -0.05) is 25.8 Å². The number of aryl methyl sites for hydroxylation is 2. The molecular formula is C19H29NO. The third kappa shape index (κ3) is 2.48. The van der Waals surface area contributed by atoms with E-state index in [9.17, 15) is 0 Å². The molecule has 2 aliphatic rings. The van der Waals surface area contributed by atoms with Crippen molar-refractivity contribution in [1.29, 1.82) is 0 Å². The highest BCUT2D eigenvalue weighted by molar-refractivity contribution is 5.42. The Morgan fingerprint density at radius 2 is 1.90 bits per heavy atom. The van der Waals surface area contributed by atoms with Gasteiger partial charge in [-0.25, -0.2) is 0 Å². The molecule has 21 heavy (non-hydrogen) atoms. The fourth-order valence-corrected chi connectivity index (χ4v) is 4.43. The highest BCUT2D eigenvalue weighted by Crippen LogP contribution is 2.54. The van der Waals surface area contributed by atoms with E-state index in [1.54, 1.807) is 0 Å². The van der Waals surface area contributed by atoms with Gasteiger partial charge in [0.1, 0.15) is 11.9 Å². The van der Waals surface area contributed by atoms with Gasteiger partial charge in [0, 0.05) is 17.9 Å². The van der Waals surface area contributed by atoms with E-state index in [0.29, 0.717) is 17.6 Å². The Bertz CT molecular complexity index is 517. The average Bonchev–Trinajstić information content (AvgIpc) is 2.95. The second kappa shape index (κ2) is 5.64. The molecule has 2 heteroatoms. The van der Waals surface area contributed by atoms with Crippen LogP contribution in [0.1, 0.15) is 55.7 Å². The lowest BCUT2D eigenvalue weighted by Gasteiger charge is -2.54. The van der Waals surface area contributed by atoms with Crippen LogP contribution in [0.3, 0.4) is 0 Å². The Kier molecular flexibility index (Phi) is 4.00. The first-order chi connectivity index (χ1) is 10.1. The summed E-state index contributed by atoms with van der Waals surface area (Å²) in [6.07, 6.45) is 6.98. The number of hydrogen-bond acceptors (Lipinski definition) is 2. The molecule has 0 aromatic heterocycles. The maximum Gasteiger partial charge on any atom is 0.123 e. The Labute approximate surface area is 129 Å². The average molecular weight is 287 g/mol. The largest absolute Gasteiger partial charge is 0.489 e. The standard InChI is InChI=1S/C19H29NO/c1-5-20-17-12-18(19(17)8-6-7-9-19)21-16-11-13(2)10-14(3)15(16)4/h10-11,17-18,20H,5-9,12H2,1-4H3. The molecule has 1 aromatic rings. The van der Waals surface area contributed by atoms with Gasteiger partial charge in [-0.2, -0.15) is 0 Å². The van der Waals surface area contributed by atoms with Gasteiger partial charge in [0.25, 0.3) is 0 Å². The number of hydrogen-bond donors (Lipinski definition) is 1. The lowest BCUT2D eigenvalue weighted by molar-refractivity contribution is -0.0758. The van der Waals surface area contributed by atoms with Crippen LogP contribution in [0.25, 0.3) is 0 Å². The van der Waals surface area contributed by atoms with Crippen LogP contribution in [-0.4, -0.2) is 18.7 Å². The van der Waals surface area contributed by atoms with Gasteiger partial charge in [-0.05, 0) is 62.9 Å². The zero-order valence-electron chi connectivity index (χ0n) is 14.0. The Morgan fingerprint density at radius 3 is 2.57 bits per heavy atom. The fourth-order valence-electron chi connectivity index (χ4n) is 4.43. The summed E-state index contributed by atoms with van der Waals surface area (Å²) in [6.45, 7) is 9.81. The van der Waals surface area contributed by atoms with Crippen molar-refractivity contribution >= 4 is 0 Å². The van der Waals surface area contributed by atoms with E-state index in [4.69, 9.17) is 4.74 Å². The van der Waals surface area contributed by atoms with Gasteiger partial charge in [-0.3, -0.25) is 0 Å². The Balaban J connectivity index is 1.79. The molecule has 2 nitrogen and oxygen atoms in total. The van der Waals surface area contributed by atoms with Crippen molar-refractivity contribution in [3.63, 3.8) is 0 Å². The monoisotopic (exact) mass is 287 g/mol. The molecule has 0 aliphatic heterocycles. The fraction of sp³-hybridized carbons (Fsp3) is 0.684. The molecule has 3 rings (SSSR count). The maximum absolute atomic E-state index is 6.52. The summed E-state index contributed by atoms with van der Waals surface area (Å²) < 4.78 is 6.52. The molecule has 2 aliphatic carbocycles. The van der Waals surface area contributed by atoms with Gasteiger partial charge in [0.2, 0.25) is 0 Å². The molecule has 1 aromatic carbocycles. The van der Waals surface area contributed by atoms with Crippen LogP contribution in [0.15, 0.2) is 12.1 Å². The molecule has 2 fully saturated rings. The van der Waals surface area contributed by atoms with E-state index >= 15 is 0 Å². The lowest BCUT2D eigenvalue weighted by atomic mass is 9.60. The van der Waals surface area contributed by atoms with E-state index in [0.717, 1.165) is 12.3 Å². The highest BCUT2D eigenvalue weighted by Gasteiger charge is 2.57. The molecule has 1 N–H and O–H groups in total. The zero-order chi connectivity index (χ0) is 15.0. The van der Waals surface area contributed by atoms with Crippen molar-refractivity contribution in [3.05, 3.63) is 28.8 Å². The number of ether oxygens (including phenoxy) is 1. The molecule has 2 unspecified atom stereocenters. The normalized spacial score (nSPS) is 26.9. The Hall–Kier alpha value is -1.02. The van der Waals surface area contributed by atoms with E-state index in [2.05, 4.69) is 45.1 Å². The molecule has 0 heterocycles.